The van der Waals surface area contributed by atoms with Crippen LogP contribution < -0.4 is 4.74 Å². The largest absolute Gasteiger partial charge is 0.476 e. The molecule has 0 aliphatic carbocycles. The van der Waals surface area contributed by atoms with Gasteiger partial charge in [-0.05, 0) is 24.5 Å². The van der Waals surface area contributed by atoms with Gasteiger partial charge in [0.2, 0.25) is 5.88 Å². The van der Waals surface area contributed by atoms with Gasteiger partial charge in [0.25, 0.3) is 0 Å². The highest BCUT2D eigenvalue weighted by molar-refractivity contribution is 5.80. The number of nitrogens with zero attached hydrogens (tertiary/aromatic N) is 2. The van der Waals surface area contributed by atoms with E-state index in [0.717, 1.165) is 23.7 Å². The minimum Gasteiger partial charge on any atom is -0.476 e. The van der Waals surface area contributed by atoms with Crippen molar-refractivity contribution in [3.63, 3.8) is 0 Å². The molecule has 0 aliphatic rings. The number of pyridine rings is 1. The summed E-state index contributed by atoms with van der Waals surface area (Å²) in [5.41, 5.74) is 1.36. The molecule has 1 heterocycles. The summed E-state index contributed by atoms with van der Waals surface area (Å²) in [7, 11) is 0. The van der Waals surface area contributed by atoms with E-state index in [1.165, 1.54) is 0 Å². The molecule has 1 unspecified atom stereocenters. The van der Waals surface area contributed by atoms with Gasteiger partial charge in [0.1, 0.15) is 11.6 Å². The molecule has 0 saturated carbocycles. The van der Waals surface area contributed by atoms with E-state index >= 15 is 0 Å². The Morgan fingerprint density at radius 2 is 2.16 bits per heavy atom. The van der Waals surface area contributed by atoms with Crippen LogP contribution in [0.2, 0.25) is 0 Å². The van der Waals surface area contributed by atoms with Crippen LogP contribution in [-0.4, -0.2) is 11.6 Å². The highest BCUT2D eigenvalue weighted by Crippen LogP contribution is 2.22. The molecule has 3 nitrogen and oxygen atoms in total. The first-order valence-corrected chi connectivity index (χ1v) is 6.67. The van der Waals surface area contributed by atoms with Crippen molar-refractivity contribution >= 4 is 10.9 Å². The van der Waals surface area contributed by atoms with Crippen molar-refractivity contribution < 1.29 is 4.74 Å². The molecule has 0 bridgehead atoms. The second-order valence-electron chi connectivity index (χ2n) is 4.85. The normalized spacial score (nSPS) is 12.1. The second-order valence-corrected chi connectivity index (χ2v) is 4.85. The third-order valence-electron chi connectivity index (χ3n) is 3.10. The maximum absolute atomic E-state index is 9.18. The summed E-state index contributed by atoms with van der Waals surface area (Å²) in [5, 5.41) is 10.1. The predicted octanol–water partition coefficient (Wildman–Crippen LogP) is 3.92. The number of nitriles is 1. The summed E-state index contributed by atoms with van der Waals surface area (Å²) in [6.07, 6.45) is 2.26. The van der Waals surface area contributed by atoms with E-state index in [2.05, 4.69) is 24.9 Å². The molecule has 0 spiro atoms. The van der Waals surface area contributed by atoms with Crippen LogP contribution in [0.5, 0.6) is 5.88 Å². The standard InChI is InChI=1S/C16H18N2O/c1-3-6-12(2)11-19-16-14(10-17)9-13-7-4-5-8-15(13)18-16/h4-5,7-9,12H,3,6,11H2,1-2H3. The van der Waals surface area contributed by atoms with Crippen molar-refractivity contribution in [1.29, 1.82) is 5.26 Å². The summed E-state index contributed by atoms with van der Waals surface area (Å²) in [4.78, 5) is 4.43. The molecule has 0 radical (unpaired) electrons. The number of rotatable bonds is 5. The molecule has 1 atom stereocenters. The lowest BCUT2D eigenvalue weighted by atomic mass is 10.1. The number of aromatic nitrogens is 1. The lowest BCUT2D eigenvalue weighted by molar-refractivity contribution is 0.243. The minimum absolute atomic E-state index is 0.448. The number of benzene rings is 1. The molecule has 0 fully saturated rings. The SMILES string of the molecule is CCCC(C)COc1nc2ccccc2cc1C#N. The third kappa shape index (κ3) is 3.23. The Kier molecular flexibility index (Phi) is 4.35. The average Bonchev–Trinajstić information content (AvgIpc) is 2.44. The van der Waals surface area contributed by atoms with Crippen molar-refractivity contribution in [3.05, 3.63) is 35.9 Å². The van der Waals surface area contributed by atoms with Gasteiger partial charge in [0.15, 0.2) is 0 Å². The Balaban J connectivity index is 2.24. The monoisotopic (exact) mass is 254 g/mol. The van der Waals surface area contributed by atoms with Crippen molar-refractivity contribution in [2.24, 2.45) is 5.92 Å². The van der Waals surface area contributed by atoms with Crippen LogP contribution in [0.15, 0.2) is 30.3 Å². The molecule has 98 valence electrons. The number of fused-ring (bicyclic) bond motifs is 1. The quantitative estimate of drug-likeness (QED) is 0.812. The highest BCUT2D eigenvalue weighted by atomic mass is 16.5. The minimum atomic E-state index is 0.448. The summed E-state index contributed by atoms with van der Waals surface area (Å²) < 4.78 is 5.72. The first-order valence-electron chi connectivity index (χ1n) is 6.67. The van der Waals surface area contributed by atoms with Gasteiger partial charge in [-0.3, -0.25) is 0 Å². The van der Waals surface area contributed by atoms with Gasteiger partial charge in [-0.25, -0.2) is 4.98 Å². The zero-order chi connectivity index (χ0) is 13.7. The Bertz CT molecular complexity index is 601. The van der Waals surface area contributed by atoms with Gasteiger partial charge in [-0.2, -0.15) is 5.26 Å². The van der Waals surface area contributed by atoms with Gasteiger partial charge in [-0.15, -0.1) is 0 Å². The predicted molar refractivity (Wildman–Crippen MR) is 76.0 cm³/mol. The average molecular weight is 254 g/mol. The Morgan fingerprint density at radius 1 is 1.37 bits per heavy atom. The smallest absolute Gasteiger partial charge is 0.232 e. The van der Waals surface area contributed by atoms with E-state index in [-0.39, 0.29) is 0 Å². The molecule has 2 rings (SSSR count). The van der Waals surface area contributed by atoms with Crippen LogP contribution in [-0.2, 0) is 0 Å². The fourth-order valence-corrected chi connectivity index (χ4v) is 2.09. The molecule has 0 amide bonds. The van der Waals surface area contributed by atoms with Crippen LogP contribution in [0.25, 0.3) is 10.9 Å². The van der Waals surface area contributed by atoms with E-state index in [0.29, 0.717) is 24.0 Å². The van der Waals surface area contributed by atoms with E-state index in [4.69, 9.17) is 4.74 Å². The first kappa shape index (κ1) is 13.4. The molecule has 19 heavy (non-hydrogen) atoms. The molecule has 3 heteroatoms. The number of hydrogen-bond donors (Lipinski definition) is 0. The summed E-state index contributed by atoms with van der Waals surface area (Å²) in [6.45, 7) is 4.91. The fourth-order valence-electron chi connectivity index (χ4n) is 2.09. The molecule has 1 aromatic carbocycles. The third-order valence-corrected chi connectivity index (χ3v) is 3.10. The summed E-state index contributed by atoms with van der Waals surface area (Å²) >= 11 is 0. The molecule has 0 aliphatic heterocycles. The topological polar surface area (TPSA) is 45.9 Å². The Morgan fingerprint density at radius 3 is 2.89 bits per heavy atom. The number of ether oxygens (including phenoxy) is 1. The zero-order valence-electron chi connectivity index (χ0n) is 11.4. The molecular formula is C16H18N2O. The number of hydrogen-bond acceptors (Lipinski definition) is 3. The Labute approximate surface area is 113 Å². The van der Waals surface area contributed by atoms with Crippen LogP contribution in [0.4, 0.5) is 0 Å². The number of para-hydroxylation sites is 1. The maximum Gasteiger partial charge on any atom is 0.232 e. The van der Waals surface area contributed by atoms with Crippen molar-refractivity contribution in [2.75, 3.05) is 6.61 Å². The first-order chi connectivity index (χ1) is 9.24. The van der Waals surface area contributed by atoms with Gasteiger partial charge < -0.3 is 4.74 Å². The van der Waals surface area contributed by atoms with Crippen LogP contribution in [0.1, 0.15) is 32.3 Å². The molecular weight excluding hydrogens is 236 g/mol. The van der Waals surface area contributed by atoms with Crippen molar-refractivity contribution in [2.45, 2.75) is 26.7 Å². The van der Waals surface area contributed by atoms with Crippen LogP contribution >= 0.6 is 0 Å². The second kappa shape index (κ2) is 6.19. The highest BCUT2D eigenvalue weighted by Gasteiger charge is 2.09. The molecule has 0 saturated heterocycles. The van der Waals surface area contributed by atoms with E-state index in [1.54, 1.807) is 0 Å². The lowest BCUT2D eigenvalue weighted by Gasteiger charge is -2.12. The van der Waals surface area contributed by atoms with Gasteiger partial charge in [0.05, 0.1) is 12.1 Å². The zero-order valence-corrected chi connectivity index (χ0v) is 11.4. The van der Waals surface area contributed by atoms with Crippen LogP contribution in [0, 0.1) is 17.2 Å². The molecule has 2 aromatic rings. The van der Waals surface area contributed by atoms with E-state index in [1.807, 2.05) is 30.3 Å². The Hall–Kier alpha value is -2.08. The van der Waals surface area contributed by atoms with Crippen molar-refractivity contribution in [1.82, 2.24) is 4.98 Å². The van der Waals surface area contributed by atoms with Gasteiger partial charge >= 0.3 is 0 Å². The molecule has 1 aromatic heterocycles. The fraction of sp³-hybridized carbons (Fsp3) is 0.375. The van der Waals surface area contributed by atoms with Gasteiger partial charge in [-0.1, -0.05) is 38.5 Å². The van der Waals surface area contributed by atoms with Crippen molar-refractivity contribution in [3.8, 4) is 11.9 Å². The van der Waals surface area contributed by atoms with E-state index < -0.39 is 0 Å². The van der Waals surface area contributed by atoms with Gasteiger partial charge in [0, 0.05) is 5.39 Å². The van der Waals surface area contributed by atoms with E-state index in [9.17, 15) is 5.26 Å². The maximum atomic E-state index is 9.18. The summed E-state index contributed by atoms with van der Waals surface area (Å²) in [5.74, 6) is 0.925. The molecule has 0 N–H and O–H groups in total. The summed E-state index contributed by atoms with van der Waals surface area (Å²) in [6, 6.07) is 11.7. The van der Waals surface area contributed by atoms with Crippen LogP contribution in [0.3, 0.4) is 0 Å². The lowest BCUT2D eigenvalue weighted by Crippen LogP contribution is -2.10.